The Morgan fingerprint density at radius 3 is 2.38 bits per heavy atom. The van der Waals surface area contributed by atoms with Crippen LogP contribution >= 0.6 is 11.6 Å². The van der Waals surface area contributed by atoms with Gasteiger partial charge >= 0.3 is 0 Å². The molecule has 0 radical (unpaired) electrons. The van der Waals surface area contributed by atoms with Crippen molar-refractivity contribution in [2.75, 3.05) is 23.3 Å². The first-order chi connectivity index (χ1) is 14.0. The zero-order valence-electron chi connectivity index (χ0n) is 17.0. The molecule has 0 bridgehead atoms. The third-order valence-electron chi connectivity index (χ3n) is 5.29. The molecule has 0 saturated carbocycles. The topological polar surface area (TPSA) is 61.4 Å². The van der Waals surface area contributed by atoms with Crippen LogP contribution < -0.4 is 15.5 Å². The van der Waals surface area contributed by atoms with Gasteiger partial charge in [0.25, 0.3) is 11.8 Å². The third-order valence-corrected chi connectivity index (χ3v) is 5.54. The van der Waals surface area contributed by atoms with Crippen molar-refractivity contribution in [1.29, 1.82) is 0 Å². The lowest BCUT2D eigenvalue weighted by Crippen LogP contribution is -2.35. The summed E-state index contributed by atoms with van der Waals surface area (Å²) in [5, 5.41) is 6.52. The molecule has 0 spiro atoms. The van der Waals surface area contributed by atoms with E-state index in [1.165, 1.54) is 6.42 Å². The minimum absolute atomic E-state index is 0.0871. The van der Waals surface area contributed by atoms with E-state index < -0.39 is 0 Å². The molecule has 1 aliphatic rings. The van der Waals surface area contributed by atoms with Crippen LogP contribution in [-0.4, -0.2) is 30.9 Å². The van der Waals surface area contributed by atoms with Gasteiger partial charge in [0.05, 0.1) is 5.56 Å². The first kappa shape index (κ1) is 21.2. The molecule has 2 aromatic carbocycles. The fraction of sp³-hybridized carbons (Fsp3) is 0.391. The van der Waals surface area contributed by atoms with Gasteiger partial charge < -0.3 is 15.5 Å². The number of piperidine rings is 1. The van der Waals surface area contributed by atoms with Crippen molar-refractivity contribution in [1.82, 2.24) is 5.32 Å². The number of nitrogens with one attached hydrogen (secondary N) is 2. The summed E-state index contributed by atoms with van der Waals surface area (Å²) in [6.45, 7) is 5.92. The van der Waals surface area contributed by atoms with Crippen LogP contribution in [-0.2, 0) is 0 Å². The van der Waals surface area contributed by atoms with Crippen LogP contribution in [0.5, 0.6) is 0 Å². The third kappa shape index (κ3) is 5.51. The molecule has 2 amide bonds. The molecule has 5 nitrogen and oxygen atoms in total. The highest BCUT2D eigenvalue weighted by Crippen LogP contribution is 2.28. The van der Waals surface area contributed by atoms with E-state index in [0.717, 1.165) is 38.0 Å². The van der Waals surface area contributed by atoms with Crippen molar-refractivity contribution < 1.29 is 9.59 Å². The van der Waals surface area contributed by atoms with Crippen molar-refractivity contribution in [2.45, 2.75) is 45.6 Å². The molecular formula is C23H28ClN3O2. The maximum atomic E-state index is 13.0. The van der Waals surface area contributed by atoms with Crippen LogP contribution in [0.25, 0.3) is 0 Å². The van der Waals surface area contributed by atoms with Gasteiger partial charge in [0.2, 0.25) is 0 Å². The fourth-order valence-corrected chi connectivity index (χ4v) is 3.54. The molecule has 6 heteroatoms. The Labute approximate surface area is 177 Å². The van der Waals surface area contributed by atoms with Crippen LogP contribution in [0.15, 0.2) is 42.5 Å². The summed E-state index contributed by atoms with van der Waals surface area (Å²) in [4.78, 5) is 27.8. The van der Waals surface area contributed by atoms with Crippen molar-refractivity contribution in [3.63, 3.8) is 0 Å². The molecule has 154 valence electrons. The van der Waals surface area contributed by atoms with Gasteiger partial charge in [-0.1, -0.05) is 18.5 Å². The van der Waals surface area contributed by atoms with Gasteiger partial charge in [-0.25, -0.2) is 0 Å². The summed E-state index contributed by atoms with van der Waals surface area (Å²) in [7, 11) is 0. The van der Waals surface area contributed by atoms with Crippen LogP contribution in [0.3, 0.4) is 0 Å². The van der Waals surface area contributed by atoms with Gasteiger partial charge in [-0.2, -0.15) is 0 Å². The van der Waals surface area contributed by atoms with Crippen LogP contribution in [0.2, 0.25) is 5.02 Å². The van der Waals surface area contributed by atoms with Crippen molar-refractivity contribution >= 4 is 34.8 Å². The number of hydrogen-bond donors (Lipinski definition) is 2. The number of nitrogens with zero attached hydrogens (tertiary/aromatic N) is 1. The molecule has 2 N–H and O–H groups in total. The minimum atomic E-state index is -0.235. The molecule has 1 aliphatic heterocycles. The van der Waals surface area contributed by atoms with E-state index in [1.54, 1.807) is 30.3 Å². The first-order valence-electron chi connectivity index (χ1n) is 10.2. The number of carbonyl (C=O) groups is 2. The molecule has 1 heterocycles. The van der Waals surface area contributed by atoms with Gasteiger partial charge in [-0.3, -0.25) is 9.59 Å². The molecule has 0 aliphatic carbocycles. The Morgan fingerprint density at radius 2 is 1.72 bits per heavy atom. The molecule has 1 saturated heterocycles. The standard InChI is InChI=1S/C23H28ClN3O2/c1-3-16(2)25-23(29)20-15-19(11-12-21(20)27-13-5-4-6-14-27)26-22(28)17-7-9-18(24)10-8-17/h7-12,15-16H,3-6,13-14H2,1-2H3,(H,25,29)(H,26,28)/t16-/m1/s1. The molecule has 0 aromatic heterocycles. The Morgan fingerprint density at radius 1 is 1.03 bits per heavy atom. The molecular weight excluding hydrogens is 386 g/mol. The Bertz CT molecular complexity index is 861. The zero-order chi connectivity index (χ0) is 20.8. The molecule has 29 heavy (non-hydrogen) atoms. The monoisotopic (exact) mass is 413 g/mol. The summed E-state index contributed by atoms with van der Waals surface area (Å²) in [5.41, 5.74) is 2.64. The fourth-order valence-electron chi connectivity index (χ4n) is 3.41. The minimum Gasteiger partial charge on any atom is -0.371 e. The second kappa shape index (κ2) is 9.79. The number of hydrogen-bond acceptors (Lipinski definition) is 3. The number of benzene rings is 2. The van der Waals surface area contributed by atoms with E-state index in [-0.39, 0.29) is 17.9 Å². The zero-order valence-corrected chi connectivity index (χ0v) is 17.8. The molecule has 1 atom stereocenters. The molecule has 0 unspecified atom stereocenters. The number of rotatable bonds is 6. The van der Waals surface area contributed by atoms with Crippen molar-refractivity contribution in [2.24, 2.45) is 0 Å². The van der Waals surface area contributed by atoms with Gasteiger partial charge in [0.1, 0.15) is 0 Å². The van der Waals surface area contributed by atoms with E-state index in [4.69, 9.17) is 11.6 Å². The Hall–Kier alpha value is -2.53. The SMILES string of the molecule is CC[C@@H](C)NC(=O)c1cc(NC(=O)c2ccc(Cl)cc2)ccc1N1CCCCC1. The average Bonchev–Trinajstić information content (AvgIpc) is 2.74. The normalized spacial score (nSPS) is 14.9. The van der Waals surface area contributed by atoms with E-state index in [1.807, 2.05) is 26.0 Å². The predicted molar refractivity (Wildman–Crippen MR) is 119 cm³/mol. The molecule has 2 aromatic rings. The van der Waals surface area contributed by atoms with Gasteiger partial charge in [-0.05, 0) is 75.1 Å². The lowest BCUT2D eigenvalue weighted by molar-refractivity contribution is 0.0938. The van der Waals surface area contributed by atoms with Crippen LogP contribution in [0.4, 0.5) is 11.4 Å². The smallest absolute Gasteiger partial charge is 0.255 e. The lowest BCUT2D eigenvalue weighted by atomic mass is 10.0. The predicted octanol–water partition coefficient (Wildman–Crippen LogP) is 5.11. The molecule has 1 fully saturated rings. The number of amides is 2. The maximum Gasteiger partial charge on any atom is 0.255 e. The van der Waals surface area contributed by atoms with Gasteiger partial charge in [0, 0.05) is 41.1 Å². The maximum absolute atomic E-state index is 13.0. The summed E-state index contributed by atoms with van der Waals surface area (Å²) < 4.78 is 0. The Balaban J connectivity index is 1.86. The number of carbonyl (C=O) groups excluding carboxylic acids is 2. The highest BCUT2D eigenvalue weighted by Gasteiger charge is 2.20. The van der Waals surface area contributed by atoms with Gasteiger partial charge in [-0.15, -0.1) is 0 Å². The average molecular weight is 414 g/mol. The highest BCUT2D eigenvalue weighted by atomic mass is 35.5. The highest BCUT2D eigenvalue weighted by molar-refractivity contribution is 6.30. The lowest BCUT2D eigenvalue weighted by Gasteiger charge is -2.31. The van der Waals surface area contributed by atoms with E-state index in [2.05, 4.69) is 15.5 Å². The Kier molecular flexibility index (Phi) is 7.15. The number of anilines is 2. The van der Waals surface area contributed by atoms with E-state index >= 15 is 0 Å². The summed E-state index contributed by atoms with van der Waals surface area (Å²) >= 11 is 5.90. The van der Waals surface area contributed by atoms with E-state index in [0.29, 0.717) is 21.8 Å². The van der Waals surface area contributed by atoms with Crippen LogP contribution in [0, 0.1) is 0 Å². The summed E-state index contributed by atoms with van der Waals surface area (Å²) in [6.07, 6.45) is 4.33. The largest absolute Gasteiger partial charge is 0.371 e. The van der Waals surface area contributed by atoms with Crippen molar-refractivity contribution in [3.8, 4) is 0 Å². The second-order valence-corrected chi connectivity index (χ2v) is 7.96. The van der Waals surface area contributed by atoms with E-state index in [9.17, 15) is 9.59 Å². The van der Waals surface area contributed by atoms with Crippen molar-refractivity contribution in [3.05, 3.63) is 58.6 Å². The second-order valence-electron chi connectivity index (χ2n) is 7.52. The molecule has 3 rings (SSSR count). The first-order valence-corrected chi connectivity index (χ1v) is 10.6. The summed E-state index contributed by atoms with van der Waals surface area (Å²) in [6, 6.07) is 12.4. The van der Waals surface area contributed by atoms with Gasteiger partial charge in [0.15, 0.2) is 0 Å². The number of halogens is 1. The quantitative estimate of drug-likeness (QED) is 0.691. The van der Waals surface area contributed by atoms with Crippen LogP contribution in [0.1, 0.15) is 60.2 Å². The summed E-state index contributed by atoms with van der Waals surface area (Å²) in [5.74, 6) is -0.344.